The molecule has 158 valence electrons. The van der Waals surface area contributed by atoms with Crippen LogP contribution in [-0.4, -0.2) is 34.1 Å². The van der Waals surface area contributed by atoms with E-state index < -0.39 is 23.9 Å². The molecule has 0 N–H and O–H groups in total. The second-order valence-electron chi connectivity index (χ2n) is 7.19. The number of fused-ring (bicyclic) bond motifs is 1. The highest BCUT2D eigenvalue weighted by atomic mass is 19.4. The molecule has 1 saturated heterocycles. The maximum atomic E-state index is 13.8. The monoisotopic (exact) mass is 423 g/mol. The number of benzene rings is 1. The maximum Gasteiger partial charge on any atom is 0.409 e. The van der Waals surface area contributed by atoms with Gasteiger partial charge in [0.1, 0.15) is 17.6 Å². The normalized spacial score (nSPS) is 16.6. The highest BCUT2D eigenvalue weighted by Gasteiger charge is 2.45. The van der Waals surface area contributed by atoms with Gasteiger partial charge in [-0.2, -0.15) is 13.2 Å². The van der Waals surface area contributed by atoms with E-state index >= 15 is 0 Å². The smallest absolute Gasteiger partial charge is 0.409 e. The Morgan fingerprint density at radius 2 is 1.70 bits per heavy atom. The molecule has 0 radical (unpaired) electrons. The number of ether oxygens (including phenoxy) is 1. The topological polar surface area (TPSA) is 38.2 Å². The zero-order valence-electron chi connectivity index (χ0n) is 15.8. The van der Waals surface area contributed by atoms with Crippen molar-refractivity contribution in [2.45, 2.75) is 31.5 Å². The molecule has 1 aliphatic rings. The molecule has 1 aromatic carbocycles. The van der Waals surface area contributed by atoms with E-state index in [2.05, 4.69) is 9.97 Å². The molecule has 9 heteroatoms. The summed E-state index contributed by atoms with van der Waals surface area (Å²) in [4.78, 5) is 9.60. The van der Waals surface area contributed by atoms with Crippen molar-refractivity contribution in [3.63, 3.8) is 0 Å². The van der Waals surface area contributed by atoms with Gasteiger partial charge < -0.3 is 4.74 Å². The zero-order chi connectivity index (χ0) is 21.3. The van der Waals surface area contributed by atoms with Crippen LogP contribution in [0.4, 0.5) is 22.0 Å². The van der Waals surface area contributed by atoms with E-state index in [0.717, 1.165) is 31.4 Å². The highest BCUT2D eigenvalue weighted by Crippen LogP contribution is 2.39. The fourth-order valence-corrected chi connectivity index (χ4v) is 3.65. The van der Waals surface area contributed by atoms with Gasteiger partial charge in [0.2, 0.25) is 0 Å². The van der Waals surface area contributed by atoms with E-state index in [0.29, 0.717) is 30.1 Å². The number of rotatable bonds is 4. The minimum absolute atomic E-state index is 0.109. The fourth-order valence-electron chi connectivity index (χ4n) is 3.65. The van der Waals surface area contributed by atoms with Crippen LogP contribution in [0.25, 0.3) is 10.9 Å². The van der Waals surface area contributed by atoms with Crippen LogP contribution < -0.4 is 4.74 Å². The standard InChI is InChI=1S/C21H18F5N3O/c22-14-4-5-19(16(23)9-14)30-15-8-13-11-27-18(10-17(13)28-12-15)20(21(24,25)26)29-6-2-1-3-7-29/h4-5,8-12,20H,1-3,6-7H2. The zero-order valence-corrected chi connectivity index (χ0v) is 15.8. The minimum atomic E-state index is -4.46. The van der Waals surface area contributed by atoms with Gasteiger partial charge in [-0.15, -0.1) is 0 Å². The van der Waals surface area contributed by atoms with Crippen molar-refractivity contribution in [3.05, 3.63) is 60.1 Å². The average molecular weight is 423 g/mol. The third-order valence-electron chi connectivity index (χ3n) is 5.03. The van der Waals surface area contributed by atoms with Crippen LogP contribution in [0.2, 0.25) is 0 Å². The molecule has 4 nitrogen and oxygen atoms in total. The van der Waals surface area contributed by atoms with E-state index in [1.165, 1.54) is 29.4 Å². The SMILES string of the molecule is Fc1ccc(Oc2cnc3cc(C(N4CCCCC4)C(F)(F)F)ncc3c2)c(F)c1. The van der Waals surface area contributed by atoms with Crippen LogP contribution in [0, 0.1) is 11.6 Å². The Morgan fingerprint density at radius 1 is 0.933 bits per heavy atom. The summed E-state index contributed by atoms with van der Waals surface area (Å²) in [6.45, 7) is 0.737. The molecule has 1 unspecified atom stereocenters. The lowest BCUT2D eigenvalue weighted by atomic mass is 10.0. The predicted molar refractivity (Wildman–Crippen MR) is 100 cm³/mol. The first-order valence-corrected chi connectivity index (χ1v) is 9.50. The summed E-state index contributed by atoms with van der Waals surface area (Å²) in [5.41, 5.74) is 0.209. The van der Waals surface area contributed by atoms with E-state index in [1.54, 1.807) is 0 Å². The highest BCUT2D eigenvalue weighted by molar-refractivity contribution is 5.79. The van der Waals surface area contributed by atoms with Gasteiger partial charge in [-0.25, -0.2) is 8.78 Å². The Balaban J connectivity index is 1.63. The lowest BCUT2D eigenvalue weighted by molar-refractivity contribution is -0.189. The summed E-state index contributed by atoms with van der Waals surface area (Å²) in [5.74, 6) is -1.64. The lowest BCUT2D eigenvalue weighted by Crippen LogP contribution is -2.41. The number of alkyl halides is 3. The molecular formula is C21H18F5N3O. The first-order chi connectivity index (χ1) is 14.3. The van der Waals surface area contributed by atoms with Crippen LogP contribution in [0.15, 0.2) is 42.7 Å². The number of pyridine rings is 2. The van der Waals surface area contributed by atoms with Crippen molar-refractivity contribution in [1.29, 1.82) is 0 Å². The number of hydrogen-bond acceptors (Lipinski definition) is 4. The van der Waals surface area contributed by atoms with Gasteiger partial charge in [-0.05, 0) is 50.2 Å². The molecule has 0 aliphatic carbocycles. The Morgan fingerprint density at radius 3 is 2.40 bits per heavy atom. The molecule has 2 aromatic heterocycles. The molecule has 1 fully saturated rings. The van der Waals surface area contributed by atoms with Gasteiger partial charge >= 0.3 is 6.18 Å². The number of likely N-dealkylation sites (tertiary alicyclic amines) is 1. The van der Waals surface area contributed by atoms with Crippen molar-refractivity contribution < 1.29 is 26.7 Å². The Bertz CT molecular complexity index is 1050. The first-order valence-electron chi connectivity index (χ1n) is 9.50. The van der Waals surface area contributed by atoms with Crippen LogP contribution in [0.5, 0.6) is 11.5 Å². The van der Waals surface area contributed by atoms with Gasteiger partial charge in [0.15, 0.2) is 11.6 Å². The summed E-state index contributed by atoms with van der Waals surface area (Å²) in [7, 11) is 0. The molecule has 0 bridgehead atoms. The van der Waals surface area contributed by atoms with Crippen LogP contribution in [0.3, 0.4) is 0 Å². The van der Waals surface area contributed by atoms with Crippen LogP contribution in [-0.2, 0) is 0 Å². The van der Waals surface area contributed by atoms with Crippen molar-refractivity contribution in [2.75, 3.05) is 13.1 Å². The van der Waals surface area contributed by atoms with Crippen molar-refractivity contribution in [1.82, 2.24) is 14.9 Å². The number of hydrogen-bond donors (Lipinski definition) is 0. The summed E-state index contributed by atoms with van der Waals surface area (Å²) < 4.78 is 73.5. The van der Waals surface area contributed by atoms with E-state index in [4.69, 9.17) is 4.74 Å². The molecule has 4 rings (SSSR count). The van der Waals surface area contributed by atoms with Crippen LogP contribution in [0.1, 0.15) is 31.0 Å². The number of aromatic nitrogens is 2. The second kappa shape index (κ2) is 8.14. The third-order valence-corrected chi connectivity index (χ3v) is 5.03. The van der Waals surface area contributed by atoms with Crippen molar-refractivity contribution >= 4 is 10.9 Å². The Hall–Kier alpha value is -2.81. The molecule has 3 aromatic rings. The number of halogens is 5. The molecule has 0 saturated carbocycles. The molecular weight excluding hydrogens is 405 g/mol. The summed E-state index contributed by atoms with van der Waals surface area (Å²) >= 11 is 0. The minimum Gasteiger partial charge on any atom is -0.453 e. The van der Waals surface area contributed by atoms with Gasteiger partial charge in [0, 0.05) is 17.6 Å². The Kier molecular flexibility index (Phi) is 5.55. The number of piperidine rings is 1. The number of nitrogens with zero attached hydrogens (tertiary/aromatic N) is 3. The average Bonchev–Trinajstić information content (AvgIpc) is 2.70. The van der Waals surface area contributed by atoms with Gasteiger partial charge in [-0.3, -0.25) is 14.9 Å². The van der Waals surface area contributed by atoms with Crippen molar-refractivity contribution in [3.8, 4) is 11.5 Å². The van der Waals surface area contributed by atoms with Gasteiger partial charge in [0.05, 0.1) is 17.4 Å². The predicted octanol–water partition coefficient (Wildman–Crippen LogP) is 5.79. The lowest BCUT2D eigenvalue weighted by Gasteiger charge is -2.35. The second-order valence-corrected chi connectivity index (χ2v) is 7.19. The van der Waals surface area contributed by atoms with Crippen molar-refractivity contribution in [2.24, 2.45) is 0 Å². The molecule has 0 spiro atoms. The van der Waals surface area contributed by atoms with Crippen LogP contribution >= 0.6 is 0 Å². The maximum absolute atomic E-state index is 13.8. The van der Waals surface area contributed by atoms with E-state index in [1.807, 2.05) is 0 Å². The summed E-state index contributed by atoms with van der Waals surface area (Å²) in [6, 6.07) is 3.92. The molecule has 30 heavy (non-hydrogen) atoms. The fraction of sp³-hybridized carbons (Fsp3) is 0.333. The van der Waals surface area contributed by atoms with Gasteiger partial charge in [0.25, 0.3) is 0 Å². The third kappa shape index (κ3) is 4.35. The first kappa shape index (κ1) is 20.5. The summed E-state index contributed by atoms with van der Waals surface area (Å²) in [6.07, 6.45) is 0.483. The van der Waals surface area contributed by atoms with E-state index in [-0.39, 0.29) is 17.2 Å². The molecule has 1 aliphatic heterocycles. The quantitative estimate of drug-likeness (QED) is 0.498. The summed E-state index contributed by atoms with van der Waals surface area (Å²) in [5, 5.41) is 0.443. The molecule has 1 atom stereocenters. The van der Waals surface area contributed by atoms with E-state index in [9.17, 15) is 22.0 Å². The largest absolute Gasteiger partial charge is 0.453 e. The Labute approximate surface area is 169 Å². The van der Waals surface area contributed by atoms with Gasteiger partial charge in [-0.1, -0.05) is 6.42 Å². The molecule has 3 heterocycles. The molecule has 0 amide bonds.